The molecule has 2 unspecified atom stereocenters. The molecule has 20 heavy (non-hydrogen) atoms. The summed E-state index contributed by atoms with van der Waals surface area (Å²) in [6, 6.07) is 0.756. The summed E-state index contributed by atoms with van der Waals surface area (Å²) in [6.45, 7) is 4.29. The van der Waals surface area contributed by atoms with Gasteiger partial charge in [-0.2, -0.15) is 0 Å². The van der Waals surface area contributed by atoms with Crippen molar-refractivity contribution < 1.29 is 4.74 Å². The third-order valence-electron chi connectivity index (χ3n) is 5.23. The predicted octanol–water partition coefficient (Wildman–Crippen LogP) is 4.67. The molecule has 0 radical (unpaired) electrons. The second-order valence-electron chi connectivity index (χ2n) is 6.94. The van der Waals surface area contributed by atoms with Gasteiger partial charge in [-0.05, 0) is 38.0 Å². The summed E-state index contributed by atoms with van der Waals surface area (Å²) < 4.78 is 6.00. The Hall–Kier alpha value is -0.0800. The molecule has 0 aliphatic heterocycles. The van der Waals surface area contributed by atoms with Crippen LogP contribution < -0.4 is 5.32 Å². The Kier molecular flexibility index (Phi) is 7.97. The molecular weight excluding hydrogens is 246 g/mol. The lowest BCUT2D eigenvalue weighted by atomic mass is 9.95. The molecule has 0 bridgehead atoms. The molecule has 1 N–H and O–H groups in total. The van der Waals surface area contributed by atoms with Crippen molar-refractivity contribution in [1.29, 1.82) is 0 Å². The monoisotopic (exact) mass is 281 g/mol. The molecule has 2 nitrogen and oxygen atoms in total. The van der Waals surface area contributed by atoms with Gasteiger partial charge in [-0.3, -0.25) is 0 Å². The van der Waals surface area contributed by atoms with E-state index >= 15 is 0 Å². The van der Waals surface area contributed by atoms with Crippen LogP contribution in [0.5, 0.6) is 0 Å². The quantitative estimate of drug-likeness (QED) is 0.540. The fraction of sp³-hybridized carbons (Fsp3) is 1.00. The van der Waals surface area contributed by atoms with Crippen molar-refractivity contribution in [3.63, 3.8) is 0 Å². The Labute approximate surface area is 126 Å². The summed E-state index contributed by atoms with van der Waals surface area (Å²) in [6.07, 6.45) is 17.2. The third kappa shape index (κ3) is 6.13. The molecule has 2 atom stereocenters. The number of hydrogen-bond donors (Lipinski definition) is 1. The number of rotatable bonds is 7. The molecule has 2 rings (SSSR count). The predicted molar refractivity (Wildman–Crippen MR) is 86.1 cm³/mol. The number of hydrogen-bond acceptors (Lipinski definition) is 2. The first-order valence-corrected chi connectivity index (χ1v) is 9.23. The summed E-state index contributed by atoms with van der Waals surface area (Å²) >= 11 is 0. The van der Waals surface area contributed by atoms with Crippen LogP contribution in [0.15, 0.2) is 0 Å². The van der Waals surface area contributed by atoms with Gasteiger partial charge in [0.15, 0.2) is 0 Å². The molecule has 0 aromatic carbocycles. The largest absolute Gasteiger partial charge is 0.377 e. The molecule has 2 heteroatoms. The zero-order chi connectivity index (χ0) is 14.0. The molecule has 2 fully saturated rings. The fourth-order valence-electron chi connectivity index (χ4n) is 4.00. The van der Waals surface area contributed by atoms with Crippen LogP contribution in [0.25, 0.3) is 0 Å². The molecule has 0 heterocycles. The van der Waals surface area contributed by atoms with Gasteiger partial charge in [0.2, 0.25) is 0 Å². The summed E-state index contributed by atoms with van der Waals surface area (Å²) in [4.78, 5) is 0. The average Bonchev–Trinajstić information content (AvgIpc) is 2.71. The third-order valence-corrected chi connectivity index (χ3v) is 5.23. The highest BCUT2D eigenvalue weighted by Gasteiger charge is 2.18. The maximum absolute atomic E-state index is 6.00. The molecule has 118 valence electrons. The lowest BCUT2D eigenvalue weighted by Crippen LogP contribution is -2.32. The molecule has 0 saturated heterocycles. The van der Waals surface area contributed by atoms with E-state index in [1.54, 1.807) is 0 Å². The van der Waals surface area contributed by atoms with Crippen molar-refractivity contribution >= 4 is 0 Å². The van der Waals surface area contributed by atoms with Crippen LogP contribution in [-0.4, -0.2) is 25.3 Å². The standard InChI is InChI=1S/C18H35NO/c1-2-7-16-8-6-9-17(13-12-16)19-14-15-20-18-10-4-3-5-11-18/h16-19H,2-15H2,1H3. The Morgan fingerprint density at radius 3 is 2.55 bits per heavy atom. The first-order valence-electron chi connectivity index (χ1n) is 9.23. The molecular formula is C18H35NO. The van der Waals surface area contributed by atoms with Crippen molar-refractivity contribution in [2.75, 3.05) is 13.2 Å². The van der Waals surface area contributed by atoms with E-state index in [1.165, 1.54) is 77.0 Å². The highest BCUT2D eigenvalue weighted by Crippen LogP contribution is 2.26. The zero-order valence-electron chi connectivity index (χ0n) is 13.5. The fourth-order valence-corrected chi connectivity index (χ4v) is 4.00. The smallest absolute Gasteiger partial charge is 0.0594 e. The first kappa shape index (κ1) is 16.3. The Balaban J connectivity index is 1.52. The van der Waals surface area contributed by atoms with Crippen LogP contribution >= 0.6 is 0 Å². The number of ether oxygens (including phenoxy) is 1. The highest BCUT2D eigenvalue weighted by atomic mass is 16.5. The van der Waals surface area contributed by atoms with E-state index in [0.29, 0.717) is 6.10 Å². The van der Waals surface area contributed by atoms with Gasteiger partial charge in [0.1, 0.15) is 0 Å². The van der Waals surface area contributed by atoms with Gasteiger partial charge >= 0.3 is 0 Å². The van der Waals surface area contributed by atoms with Crippen molar-refractivity contribution in [1.82, 2.24) is 5.32 Å². The van der Waals surface area contributed by atoms with Crippen molar-refractivity contribution in [3.05, 3.63) is 0 Å². The second-order valence-corrected chi connectivity index (χ2v) is 6.94. The Morgan fingerprint density at radius 1 is 0.900 bits per heavy atom. The number of nitrogens with one attached hydrogen (secondary N) is 1. The normalized spacial score (nSPS) is 29.2. The average molecular weight is 281 g/mol. The highest BCUT2D eigenvalue weighted by molar-refractivity contribution is 4.75. The van der Waals surface area contributed by atoms with Crippen molar-refractivity contribution in [2.45, 2.75) is 96.1 Å². The van der Waals surface area contributed by atoms with Crippen LogP contribution in [0.4, 0.5) is 0 Å². The van der Waals surface area contributed by atoms with Crippen LogP contribution in [-0.2, 0) is 4.74 Å². The second kappa shape index (κ2) is 9.78. The summed E-state index contributed by atoms with van der Waals surface area (Å²) in [5.74, 6) is 1.00. The lowest BCUT2D eigenvalue weighted by Gasteiger charge is -2.23. The maximum Gasteiger partial charge on any atom is 0.0594 e. The molecule has 0 spiro atoms. The van der Waals surface area contributed by atoms with E-state index < -0.39 is 0 Å². The van der Waals surface area contributed by atoms with Crippen LogP contribution in [0.2, 0.25) is 0 Å². The van der Waals surface area contributed by atoms with E-state index in [9.17, 15) is 0 Å². The van der Waals surface area contributed by atoms with Gasteiger partial charge < -0.3 is 10.1 Å². The van der Waals surface area contributed by atoms with Crippen molar-refractivity contribution in [2.24, 2.45) is 5.92 Å². The first-order chi connectivity index (χ1) is 9.88. The van der Waals surface area contributed by atoms with E-state index in [0.717, 1.165) is 25.1 Å². The lowest BCUT2D eigenvalue weighted by molar-refractivity contribution is 0.0292. The summed E-state index contributed by atoms with van der Waals surface area (Å²) in [7, 11) is 0. The molecule has 2 aliphatic carbocycles. The topological polar surface area (TPSA) is 21.3 Å². The molecule has 2 aliphatic rings. The van der Waals surface area contributed by atoms with Crippen LogP contribution in [0, 0.1) is 5.92 Å². The van der Waals surface area contributed by atoms with Gasteiger partial charge in [-0.25, -0.2) is 0 Å². The van der Waals surface area contributed by atoms with Crippen LogP contribution in [0.1, 0.15) is 84.0 Å². The summed E-state index contributed by atoms with van der Waals surface area (Å²) in [5, 5.41) is 3.74. The Bertz CT molecular complexity index is 238. The molecule has 0 aromatic rings. The van der Waals surface area contributed by atoms with Crippen molar-refractivity contribution in [3.8, 4) is 0 Å². The molecule has 0 amide bonds. The minimum Gasteiger partial charge on any atom is -0.377 e. The van der Waals surface area contributed by atoms with Gasteiger partial charge in [0.05, 0.1) is 12.7 Å². The van der Waals surface area contributed by atoms with E-state index in [-0.39, 0.29) is 0 Å². The van der Waals surface area contributed by atoms with Crippen LogP contribution in [0.3, 0.4) is 0 Å². The SMILES string of the molecule is CCCC1CCCC(NCCOC2CCCCC2)CC1. The van der Waals surface area contributed by atoms with Gasteiger partial charge in [-0.1, -0.05) is 51.9 Å². The van der Waals surface area contributed by atoms with E-state index in [2.05, 4.69) is 12.2 Å². The minimum atomic E-state index is 0.564. The van der Waals surface area contributed by atoms with E-state index in [4.69, 9.17) is 4.74 Å². The van der Waals surface area contributed by atoms with E-state index in [1.807, 2.05) is 0 Å². The molecule has 2 saturated carbocycles. The Morgan fingerprint density at radius 2 is 1.75 bits per heavy atom. The maximum atomic E-state index is 6.00. The van der Waals surface area contributed by atoms with Gasteiger partial charge in [-0.15, -0.1) is 0 Å². The zero-order valence-corrected chi connectivity index (χ0v) is 13.5. The minimum absolute atomic E-state index is 0.564. The summed E-state index contributed by atoms with van der Waals surface area (Å²) in [5.41, 5.74) is 0. The molecule has 0 aromatic heterocycles. The van der Waals surface area contributed by atoms with Gasteiger partial charge in [0.25, 0.3) is 0 Å². The van der Waals surface area contributed by atoms with Gasteiger partial charge in [0, 0.05) is 12.6 Å².